The zero-order valence-corrected chi connectivity index (χ0v) is 66.3. The maximum Gasteiger partial charge on any atom is 0.160 e. The van der Waals surface area contributed by atoms with Crippen LogP contribution >= 0.6 is 47.8 Å². The molecule has 114 heavy (non-hydrogen) atoms. The van der Waals surface area contributed by atoms with Gasteiger partial charge in [0.1, 0.15) is 0 Å². The molecular formula is C104H68Br3N7. The van der Waals surface area contributed by atoms with E-state index in [-0.39, 0.29) is 0 Å². The molecule has 21 rings (SSSR count). The Morgan fingerprint density at radius 2 is 0.412 bits per heavy atom. The Kier molecular flexibility index (Phi) is 19.5. The smallest absolute Gasteiger partial charge is 0.160 e. The first-order chi connectivity index (χ1) is 56.2. The highest BCUT2D eigenvalue weighted by Crippen LogP contribution is 2.41. The van der Waals surface area contributed by atoms with Gasteiger partial charge in [0.25, 0.3) is 0 Å². The molecule has 540 valence electrons. The van der Waals surface area contributed by atoms with Crippen LogP contribution in [0.15, 0.2) is 426 Å². The molecule has 0 amide bonds. The first-order valence-corrected chi connectivity index (χ1v) is 40.3. The van der Waals surface area contributed by atoms with Crippen LogP contribution in [0.3, 0.4) is 0 Å². The minimum Gasteiger partial charge on any atom is -0.309 e. The third-order valence-corrected chi connectivity index (χ3v) is 22.4. The molecule has 0 aliphatic heterocycles. The molecule has 6 aromatic heterocycles. The maximum atomic E-state index is 5.14. The molecule has 0 fully saturated rings. The van der Waals surface area contributed by atoms with E-state index in [0.29, 0.717) is 5.82 Å². The molecule has 10 heteroatoms. The van der Waals surface area contributed by atoms with Crippen molar-refractivity contribution in [2.75, 3.05) is 0 Å². The zero-order chi connectivity index (χ0) is 76.4. The number of hydrogen-bond donors (Lipinski definition) is 0. The number of rotatable bonds is 12. The average molecular weight is 1660 g/mol. The van der Waals surface area contributed by atoms with Crippen LogP contribution in [-0.2, 0) is 0 Å². The molecule has 7 nitrogen and oxygen atoms in total. The Morgan fingerprint density at radius 3 is 0.772 bits per heavy atom. The number of benzene rings is 15. The molecule has 21 aromatic rings. The highest BCUT2D eigenvalue weighted by atomic mass is 79.9. The minimum atomic E-state index is 0.703. The first kappa shape index (κ1) is 70.9. The van der Waals surface area contributed by atoms with E-state index in [0.717, 1.165) is 126 Å². The molecule has 0 N–H and O–H groups in total. The number of nitrogens with zero attached hydrogens (tertiary/aromatic N) is 7. The number of pyridine rings is 2. The summed E-state index contributed by atoms with van der Waals surface area (Å²) in [4.78, 5) is 20.3. The van der Waals surface area contributed by atoms with Crippen molar-refractivity contribution < 1.29 is 0 Å². The standard InChI is InChI=1S/2C35H23BrN2.C34H22BrN3/c36-28-18-19-31-30-16-7-8-17-34(30)38(35(31)23-28)29-15-9-14-26(20-29)27-21-32(24-10-3-1-4-11-24)37-33(22-27)25-12-5-2-6-13-25;36-28-18-19-31-30-16-7-8-17-34(30)38(35(31)23-28)29-15-9-14-26(20-29)33-22-27(24-10-3-1-4-11-24)21-32(37-33)25-12-5-2-6-13-25;35-26-18-19-29-28-16-7-8-17-32(28)38(33(29)21-26)27-15-9-14-25(20-27)34-36-30(23-10-3-1-4-11-23)22-31(37-34)24-12-5-2-6-13-24/h2*1-23H;1-22H. The number of para-hydroxylation sites is 3. The largest absolute Gasteiger partial charge is 0.309 e. The predicted octanol–water partition coefficient (Wildman–Crippen LogP) is 29.2. The van der Waals surface area contributed by atoms with E-state index in [1.807, 2.05) is 54.6 Å². The van der Waals surface area contributed by atoms with Gasteiger partial charge in [-0.1, -0.05) is 339 Å². The van der Waals surface area contributed by atoms with Gasteiger partial charge in [-0.3, -0.25) is 0 Å². The summed E-state index contributed by atoms with van der Waals surface area (Å²) in [6.45, 7) is 0. The summed E-state index contributed by atoms with van der Waals surface area (Å²) >= 11 is 11.0. The highest BCUT2D eigenvalue weighted by molar-refractivity contribution is 9.11. The van der Waals surface area contributed by atoms with Crippen LogP contribution in [0.5, 0.6) is 0 Å². The molecule has 6 heterocycles. The second-order valence-corrected chi connectivity index (χ2v) is 30.9. The fourth-order valence-corrected chi connectivity index (χ4v) is 16.7. The fraction of sp³-hybridized carbons (Fsp3) is 0. The lowest BCUT2D eigenvalue weighted by Gasteiger charge is -2.13. The van der Waals surface area contributed by atoms with Crippen molar-refractivity contribution in [3.8, 4) is 118 Å². The quantitative estimate of drug-likeness (QED) is 0.122. The van der Waals surface area contributed by atoms with E-state index in [1.165, 1.54) is 65.5 Å². The summed E-state index contributed by atoms with van der Waals surface area (Å²) in [6, 6.07) is 144. The molecule has 0 unspecified atom stereocenters. The lowest BCUT2D eigenvalue weighted by atomic mass is 9.99. The third kappa shape index (κ3) is 14.2. The van der Waals surface area contributed by atoms with Crippen LogP contribution in [0.2, 0.25) is 0 Å². The SMILES string of the molecule is Brc1ccc2c3ccccc3n(-c3cccc(-c4cc(-c5ccccc5)cc(-c5ccccc5)n4)c3)c2c1.Brc1ccc2c3ccccc3n(-c3cccc(-c4cc(-c5ccccc5)nc(-c5ccccc5)c4)c3)c2c1.Brc1ccc2c3ccccc3n(-c3cccc(-c4nc(-c5ccccc5)cc(-c5ccccc5)n4)c3)c2c1. The van der Waals surface area contributed by atoms with E-state index in [4.69, 9.17) is 19.9 Å². The maximum absolute atomic E-state index is 5.14. The van der Waals surface area contributed by atoms with Crippen LogP contribution < -0.4 is 0 Å². The molecule has 0 radical (unpaired) electrons. The number of fused-ring (bicyclic) bond motifs is 9. The Balaban J connectivity index is 0.000000115. The van der Waals surface area contributed by atoms with Crippen molar-refractivity contribution >= 4 is 113 Å². The lowest BCUT2D eigenvalue weighted by Crippen LogP contribution is -1.98. The topological polar surface area (TPSA) is 66.3 Å². The molecule has 0 aliphatic carbocycles. The van der Waals surface area contributed by atoms with Gasteiger partial charge < -0.3 is 13.7 Å². The van der Waals surface area contributed by atoms with Gasteiger partial charge in [-0.25, -0.2) is 19.9 Å². The second-order valence-electron chi connectivity index (χ2n) is 28.1. The summed E-state index contributed by atoms with van der Waals surface area (Å²) in [5, 5.41) is 7.44. The average Bonchev–Trinajstić information content (AvgIpc) is 1.53. The molecule has 0 aliphatic rings. The molecular weight excluding hydrogens is 1590 g/mol. The van der Waals surface area contributed by atoms with Gasteiger partial charge in [0, 0.05) is 102 Å². The van der Waals surface area contributed by atoms with Gasteiger partial charge in [-0.05, 0) is 144 Å². The Labute approximate surface area is 685 Å². The van der Waals surface area contributed by atoms with Crippen molar-refractivity contribution in [3.63, 3.8) is 0 Å². The predicted molar refractivity (Wildman–Crippen MR) is 486 cm³/mol. The van der Waals surface area contributed by atoms with E-state index in [9.17, 15) is 0 Å². The normalized spacial score (nSPS) is 11.3. The van der Waals surface area contributed by atoms with Crippen LogP contribution in [0.25, 0.3) is 184 Å². The highest BCUT2D eigenvalue weighted by Gasteiger charge is 2.20. The first-order valence-electron chi connectivity index (χ1n) is 37.9. The van der Waals surface area contributed by atoms with Crippen molar-refractivity contribution in [1.82, 2.24) is 33.6 Å². The summed E-state index contributed by atoms with van der Waals surface area (Å²) in [6.07, 6.45) is 0. The number of halogens is 3. The number of hydrogen-bond acceptors (Lipinski definition) is 4. The van der Waals surface area contributed by atoms with E-state index in [1.54, 1.807) is 0 Å². The van der Waals surface area contributed by atoms with Crippen LogP contribution in [0.1, 0.15) is 0 Å². The van der Waals surface area contributed by atoms with Gasteiger partial charge in [-0.2, -0.15) is 0 Å². The van der Waals surface area contributed by atoms with Gasteiger partial charge in [0.2, 0.25) is 0 Å². The second kappa shape index (κ2) is 31.4. The van der Waals surface area contributed by atoms with E-state index in [2.05, 4.69) is 419 Å². The molecule has 0 spiro atoms. The van der Waals surface area contributed by atoms with Crippen LogP contribution in [0.4, 0.5) is 0 Å². The van der Waals surface area contributed by atoms with Crippen molar-refractivity contribution in [1.29, 1.82) is 0 Å². The van der Waals surface area contributed by atoms with Crippen molar-refractivity contribution in [2.24, 2.45) is 0 Å². The number of aromatic nitrogens is 7. The van der Waals surface area contributed by atoms with E-state index >= 15 is 0 Å². The summed E-state index contributed by atoms with van der Waals surface area (Å²) in [5.74, 6) is 0.703. The molecule has 0 atom stereocenters. The Morgan fingerprint density at radius 1 is 0.158 bits per heavy atom. The summed E-state index contributed by atoms with van der Waals surface area (Å²) in [5.41, 5.74) is 28.2. The fourth-order valence-electron chi connectivity index (χ4n) is 15.6. The van der Waals surface area contributed by atoms with E-state index < -0.39 is 0 Å². The summed E-state index contributed by atoms with van der Waals surface area (Å²) < 4.78 is 10.2. The van der Waals surface area contributed by atoms with Gasteiger partial charge in [0.15, 0.2) is 5.82 Å². The van der Waals surface area contributed by atoms with Gasteiger partial charge in [0.05, 0.1) is 67.3 Å². The van der Waals surface area contributed by atoms with Crippen LogP contribution in [0, 0.1) is 0 Å². The summed E-state index contributed by atoms with van der Waals surface area (Å²) in [7, 11) is 0. The van der Waals surface area contributed by atoms with Gasteiger partial charge >= 0.3 is 0 Å². The lowest BCUT2D eigenvalue weighted by molar-refractivity contribution is 1.16. The molecule has 0 saturated carbocycles. The molecule has 0 saturated heterocycles. The van der Waals surface area contributed by atoms with Crippen LogP contribution in [-0.4, -0.2) is 33.6 Å². The zero-order valence-electron chi connectivity index (χ0n) is 61.5. The van der Waals surface area contributed by atoms with Crippen molar-refractivity contribution in [3.05, 3.63) is 426 Å². The van der Waals surface area contributed by atoms with Gasteiger partial charge in [-0.15, -0.1) is 0 Å². The van der Waals surface area contributed by atoms with Crippen molar-refractivity contribution in [2.45, 2.75) is 0 Å². The Hall–Kier alpha value is -13.5. The Bertz CT molecular complexity index is 6270. The molecule has 0 bridgehead atoms. The monoisotopic (exact) mass is 1650 g/mol. The molecule has 15 aromatic carbocycles. The minimum absolute atomic E-state index is 0.703. The third-order valence-electron chi connectivity index (χ3n) is 20.9.